The number of allylic oxidation sites excluding steroid dienone is 13. The summed E-state index contributed by atoms with van der Waals surface area (Å²) < 4.78 is 6.13. The van der Waals surface area contributed by atoms with Gasteiger partial charge in [-0.25, -0.2) is 0 Å². The minimum Gasteiger partial charge on any atom is -0.461 e. The first-order valence-electron chi connectivity index (χ1n) is 14.9. The van der Waals surface area contributed by atoms with Crippen LogP contribution in [0, 0.1) is 19.3 Å². The second-order valence-corrected chi connectivity index (χ2v) is 12.1. The van der Waals surface area contributed by atoms with E-state index in [-0.39, 0.29) is 0 Å². The summed E-state index contributed by atoms with van der Waals surface area (Å²) in [4.78, 5) is 0. The monoisotopic (exact) mass is 513 g/mol. The Balaban J connectivity index is 1.46. The van der Waals surface area contributed by atoms with Crippen molar-refractivity contribution in [2.24, 2.45) is 5.92 Å². The molecule has 0 N–H and O–H groups in total. The van der Waals surface area contributed by atoms with Gasteiger partial charge in [-0.2, -0.15) is 0 Å². The summed E-state index contributed by atoms with van der Waals surface area (Å²) in [6.07, 6.45) is 28.4. The maximum Gasteiger partial charge on any atom is 0.133 e. The van der Waals surface area contributed by atoms with Crippen molar-refractivity contribution in [1.29, 1.82) is 0 Å². The van der Waals surface area contributed by atoms with E-state index in [1.807, 2.05) is 6.92 Å². The summed E-state index contributed by atoms with van der Waals surface area (Å²) in [5.41, 5.74) is 13.1. The lowest BCUT2D eigenvalue weighted by molar-refractivity contribution is 0.340. The summed E-state index contributed by atoms with van der Waals surface area (Å²) in [7, 11) is 0. The quantitative estimate of drug-likeness (QED) is 0.359. The van der Waals surface area contributed by atoms with Gasteiger partial charge in [-0.15, -0.1) is 0 Å². The SMILES string of the molecule is C=C(CCC1CCCCC1)/C1=C/C(c2ccc(C)o2)=C/CC(C)c2cc(C3=CC(C)=C3)c(C3=CC=C[CH]3)cc21. The molecule has 0 aliphatic heterocycles. The van der Waals surface area contributed by atoms with Gasteiger partial charge in [-0.1, -0.05) is 82.1 Å². The lowest BCUT2D eigenvalue weighted by Gasteiger charge is -2.27. The molecule has 1 saturated carbocycles. The molecule has 1 unspecified atom stereocenters. The van der Waals surface area contributed by atoms with E-state index in [9.17, 15) is 0 Å². The first kappa shape index (κ1) is 25.9. The van der Waals surface area contributed by atoms with Crippen molar-refractivity contribution < 1.29 is 4.42 Å². The molecule has 0 spiro atoms. The number of furan rings is 1. The molecule has 2 aromatic rings. The van der Waals surface area contributed by atoms with E-state index in [1.165, 1.54) is 94.2 Å². The van der Waals surface area contributed by atoms with Crippen LogP contribution in [0.5, 0.6) is 0 Å². The number of aryl methyl sites for hydroxylation is 1. The Morgan fingerprint density at radius 2 is 1.69 bits per heavy atom. The zero-order valence-electron chi connectivity index (χ0n) is 23.9. The largest absolute Gasteiger partial charge is 0.461 e. The fourth-order valence-electron chi connectivity index (χ4n) is 6.69. The van der Waals surface area contributed by atoms with Crippen LogP contribution in [0.15, 0.2) is 88.9 Å². The van der Waals surface area contributed by atoms with Gasteiger partial charge in [0.15, 0.2) is 0 Å². The van der Waals surface area contributed by atoms with Gasteiger partial charge in [0.2, 0.25) is 0 Å². The molecular formula is C38H41O. The molecular weight excluding hydrogens is 472 g/mol. The minimum atomic E-state index is 0.388. The maximum absolute atomic E-state index is 6.13. The van der Waals surface area contributed by atoms with E-state index in [1.54, 1.807) is 0 Å². The first-order valence-corrected chi connectivity index (χ1v) is 14.9. The van der Waals surface area contributed by atoms with Gasteiger partial charge >= 0.3 is 0 Å². The molecule has 6 rings (SSSR count). The Kier molecular flexibility index (Phi) is 7.34. The zero-order chi connectivity index (χ0) is 26.9. The maximum atomic E-state index is 6.13. The molecule has 1 atom stereocenters. The van der Waals surface area contributed by atoms with E-state index in [0.29, 0.717) is 5.92 Å². The van der Waals surface area contributed by atoms with E-state index in [0.717, 1.165) is 30.3 Å². The van der Waals surface area contributed by atoms with Crippen LogP contribution in [0.1, 0.15) is 105 Å². The summed E-state index contributed by atoms with van der Waals surface area (Å²) in [5.74, 6) is 3.13. The number of benzene rings is 1. The van der Waals surface area contributed by atoms with Crippen LogP contribution in [0.2, 0.25) is 0 Å². The molecule has 1 nitrogen and oxygen atoms in total. The molecule has 1 fully saturated rings. The van der Waals surface area contributed by atoms with Gasteiger partial charge in [0, 0.05) is 12.0 Å². The number of hydrogen-bond donors (Lipinski definition) is 0. The Hall–Kier alpha value is -3.32. The summed E-state index contributed by atoms with van der Waals surface area (Å²) >= 11 is 0. The van der Waals surface area contributed by atoms with Crippen molar-refractivity contribution in [2.75, 3.05) is 0 Å². The van der Waals surface area contributed by atoms with Crippen molar-refractivity contribution >= 4 is 22.3 Å². The summed E-state index contributed by atoms with van der Waals surface area (Å²) in [5, 5.41) is 0. The van der Waals surface area contributed by atoms with Crippen LogP contribution >= 0.6 is 0 Å². The molecule has 0 bridgehead atoms. The molecule has 4 aliphatic carbocycles. The van der Waals surface area contributed by atoms with E-state index in [4.69, 9.17) is 11.0 Å². The molecule has 1 radical (unpaired) electrons. The van der Waals surface area contributed by atoms with Gasteiger partial charge in [-0.3, -0.25) is 0 Å². The third kappa shape index (κ3) is 5.42. The van der Waals surface area contributed by atoms with Crippen LogP contribution in [0.25, 0.3) is 22.3 Å². The Morgan fingerprint density at radius 3 is 2.38 bits per heavy atom. The highest BCUT2D eigenvalue weighted by Gasteiger charge is 2.25. The molecule has 0 amide bonds. The number of rotatable bonds is 7. The number of hydrogen-bond acceptors (Lipinski definition) is 1. The predicted octanol–water partition coefficient (Wildman–Crippen LogP) is 11.0. The van der Waals surface area contributed by atoms with Gasteiger partial charge in [0.25, 0.3) is 0 Å². The predicted molar refractivity (Wildman–Crippen MR) is 167 cm³/mol. The van der Waals surface area contributed by atoms with Crippen LogP contribution in [0.3, 0.4) is 0 Å². The molecule has 1 heterocycles. The van der Waals surface area contributed by atoms with E-state index < -0.39 is 0 Å². The fraction of sp³-hybridized carbons (Fsp3) is 0.342. The van der Waals surface area contributed by atoms with Crippen molar-refractivity contribution in [3.63, 3.8) is 0 Å². The van der Waals surface area contributed by atoms with Crippen molar-refractivity contribution in [2.45, 2.75) is 78.1 Å². The Bertz CT molecular complexity index is 1470. The topological polar surface area (TPSA) is 13.1 Å². The average molecular weight is 514 g/mol. The summed E-state index contributed by atoms with van der Waals surface area (Å²) in [6, 6.07) is 9.13. The Morgan fingerprint density at radius 1 is 0.897 bits per heavy atom. The fourth-order valence-corrected chi connectivity index (χ4v) is 6.69. The normalized spacial score (nSPS) is 23.8. The molecule has 1 aromatic carbocycles. The number of fused-ring (bicyclic) bond motifs is 1. The molecule has 39 heavy (non-hydrogen) atoms. The standard InChI is InChI=1S/C38H41O/c1-25-20-32(21-25)36-23-34-27(3)15-18-31(38-19-16-28(4)39-38)22-33(26(2)14-17-29-10-6-5-7-11-29)37(34)24-35(36)30-12-8-9-13-30/h8-9,12-13,16,18-24,27,29H,2,5-7,10-11,14-15,17H2,1,3-4H3/b31-18-,33-22-. The van der Waals surface area contributed by atoms with Crippen LogP contribution in [-0.4, -0.2) is 0 Å². The van der Waals surface area contributed by atoms with Crippen molar-refractivity contribution in [1.82, 2.24) is 0 Å². The van der Waals surface area contributed by atoms with E-state index >= 15 is 0 Å². The molecule has 0 saturated heterocycles. The van der Waals surface area contributed by atoms with Gasteiger partial charge in [0.1, 0.15) is 11.5 Å². The average Bonchev–Trinajstić information content (AvgIpc) is 3.61. The van der Waals surface area contributed by atoms with Gasteiger partial charge < -0.3 is 4.42 Å². The second kappa shape index (κ2) is 11.0. The minimum absolute atomic E-state index is 0.388. The Labute approximate surface area is 235 Å². The third-order valence-corrected chi connectivity index (χ3v) is 9.04. The van der Waals surface area contributed by atoms with Crippen molar-refractivity contribution in [3.05, 3.63) is 125 Å². The van der Waals surface area contributed by atoms with Gasteiger partial charge in [-0.05, 0) is 125 Å². The highest BCUT2D eigenvalue weighted by molar-refractivity contribution is 5.96. The van der Waals surface area contributed by atoms with E-state index in [2.05, 4.69) is 87.1 Å². The second-order valence-electron chi connectivity index (χ2n) is 12.1. The first-order chi connectivity index (χ1) is 19.0. The zero-order valence-corrected chi connectivity index (χ0v) is 23.9. The summed E-state index contributed by atoms with van der Waals surface area (Å²) in [6.45, 7) is 11.3. The molecule has 4 aliphatic rings. The molecule has 1 aromatic heterocycles. The highest BCUT2D eigenvalue weighted by atomic mass is 16.3. The smallest absolute Gasteiger partial charge is 0.133 e. The lowest BCUT2D eigenvalue weighted by Crippen LogP contribution is -2.09. The van der Waals surface area contributed by atoms with Crippen LogP contribution < -0.4 is 0 Å². The lowest BCUT2D eigenvalue weighted by atomic mass is 9.77. The van der Waals surface area contributed by atoms with Crippen molar-refractivity contribution in [3.8, 4) is 0 Å². The van der Waals surface area contributed by atoms with Gasteiger partial charge in [0.05, 0.1) is 0 Å². The van der Waals surface area contributed by atoms with Crippen LogP contribution in [0.4, 0.5) is 0 Å². The van der Waals surface area contributed by atoms with Crippen LogP contribution in [-0.2, 0) is 0 Å². The third-order valence-electron chi connectivity index (χ3n) is 9.04. The molecule has 199 valence electrons. The molecule has 1 heteroatoms. The highest BCUT2D eigenvalue weighted by Crippen LogP contribution is 2.44.